The number of anilines is 1. The van der Waals surface area contributed by atoms with Gasteiger partial charge in [-0.25, -0.2) is 4.98 Å². The molecule has 142 valence electrons. The van der Waals surface area contributed by atoms with Crippen LogP contribution in [-0.2, 0) is 11.8 Å². The normalized spacial score (nSPS) is 16.7. The van der Waals surface area contributed by atoms with Crippen molar-refractivity contribution in [3.05, 3.63) is 48.2 Å². The van der Waals surface area contributed by atoms with E-state index in [1.54, 1.807) is 10.9 Å². The van der Waals surface area contributed by atoms with Crippen LogP contribution in [-0.4, -0.2) is 42.5 Å². The van der Waals surface area contributed by atoms with Gasteiger partial charge in [-0.15, -0.1) is 0 Å². The molecule has 3 N–H and O–H groups in total. The molecule has 1 amide bonds. The number of rotatable bonds is 4. The molecule has 0 bridgehead atoms. The van der Waals surface area contributed by atoms with Gasteiger partial charge in [0.15, 0.2) is 0 Å². The second-order valence-corrected chi connectivity index (χ2v) is 6.87. The predicted octanol–water partition coefficient (Wildman–Crippen LogP) is 2.79. The fourth-order valence-corrected chi connectivity index (χ4v) is 3.48. The Morgan fingerprint density at radius 3 is 3.07 bits per heavy atom. The largest absolute Gasteiger partial charge is 0.370 e. The molecular weight excluding hydrogens is 358 g/mol. The summed E-state index contributed by atoms with van der Waals surface area (Å²) in [4.78, 5) is 20.7. The van der Waals surface area contributed by atoms with E-state index in [1.165, 1.54) is 6.20 Å². The third kappa shape index (κ3) is 2.95. The number of imidazole rings is 1. The van der Waals surface area contributed by atoms with Crippen molar-refractivity contribution in [3.63, 3.8) is 0 Å². The van der Waals surface area contributed by atoms with Gasteiger partial charge in [-0.3, -0.25) is 14.6 Å². The molecule has 9 nitrogen and oxygen atoms in total. The number of nitrogens with one attached hydrogen (secondary N) is 3. The van der Waals surface area contributed by atoms with Gasteiger partial charge in [-0.05, 0) is 31.0 Å². The zero-order chi connectivity index (χ0) is 19.1. The number of benzene rings is 1. The molecule has 0 radical (unpaired) electrons. The molecule has 1 fully saturated rings. The first-order valence-corrected chi connectivity index (χ1v) is 9.12. The number of aromatic amines is 2. The lowest BCUT2D eigenvalue weighted by atomic mass is 10.1. The first-order valence-electron chi connectivity index (χ1n) is 9.12. The third-order valence-corrected chi connectivity index (χ3v) is 4.87. The summed E-state index contributed by atoms with van der Waals surface area (Å²) < 4.78 is 7.36. The van der Waals surface area contributed by atoms with Crippen LogP contribution in [0.4, 0.5) is 5.69 Å². The Bertz CT molecular complexity index is 1150. The molecule has 3 aromatic heterocycles. The summed E-state index contributed by atoms with van der Waals surface area (Å²) in [5.41, 5.74) is 4.28. The van der Waals surface area contributed by atoms with Crippen LogP contribution in [0.2, 0.25) is 0 Å². The minimum absolute atomic E-state index is 0.0263. The number of ether oxygens (including phenoxy) is 1. The number of fused-ring (bicyclic) bond motifs is 1. The average Bonchev–Trinajstić information content (AvgIpc) is 3.45. The molecule has 1 aromatic carbocycles. The van der Waals surface area contributed by atoms with Crippen LogP contribution in [0.15, 0.2) is 36.8 Å². The topological polar surface area (TPSA) is 114 Å². The highest BCUT2D eigenvalue weighted by atomic mass is 16.5. The van der Waals surface area contributed by atoms with Gasteiger partial charge in [-0.2, -0.15) is 10.2 Å². The van der Waals surface area contributed by atoms with E-state index in [4.69, 9.17) is 4.74 Å². The van der Waals surface area contributed by atoms with E-state index < -0.39 is 0 Å². The molecule has 4 heterocycles. The van der Waals surface area contributed by atoms with Crippen molar-refractivity contribution in [3.8, 4) is 11.3 Å². The van der Waals surface area contributed by atoms with Gasteiger partial charge < -0.3 is 15.0 Å². The molecule has 1 saturated heterocycles. The Labute approximate surface area is 160 Å². The lowest BCUT2D eigenvalue weighted by Gasteiger charge is -2.05. The molecule has 1 aliphatic heterocycles. The summed E-state index contributed by atoms with van der Waals surface area (Å²) in [6, 6.07) is 5.60. The van der Waals surface area contributed by atoms with Crippen molar-refractivity contribution in [1.82, 2.24) is 29.9 Å². The van der Waals surface area contributed by atoms with E-state index >= 15 is 0 Å². The number of H-pyrrole nitrogens is 2. The Hall–Kier alpha value is -3.46. The number of aryl methyl sites for hydroxylation is 1. The monoisotopic (exact) mass is 377 g/mol. The Morgan fingerprint density at radius 1 is 1.36 bits per heavy atom. The highest BCUT2D eigenvalue weighted by molar-refractivity contribution is 6.08. The molecule has 0 saturated carbocycles. The highest BCUT2D eigenvalue weighted by Gasteiger charge is 2.21. The van der Waals surface area contributed by atoms with E-state index in [9.17, 15) is 4.79 Å². The van der Waals surface area contributed by atoms with Gasteiger partial charge in [0.2, 0.25) is 0 Å². The van der Waals surface area contributed by atoms with E-state index in [-0.39, 0.29) is 12.0 Å². The van der Waals surface area contributed by atoms with Crippen LogP contribution < -0.4 is 5.32 Å². The van der Waals surface area contributed by atoms with Gasteiger partial charge in [0, 0.05) is 31.1 Å². The molecule has 1 aliphatic rings. The molecule has 1 atom stereocenters. The van der Waals surface area contributed by atoms with Crippen LogP contribution in [0.25, 0.3) is 22.3 Å². The summed E-state index contributed by atoms with van der Waals surface area (Å²) in [6.45, 7) is 0.771. The predicted molar refractivity (Wildman–Crippen MR) is 103 cm³/mol. The summed E-state index contributed by atoms with van der Waals surface area (Å²) >= 11 is 0. The maximum atomic E-state index is 12.8. The Balaban J connectivity index is 1.39. The fourth-order valence-electron chi connectivity index (χ4n) is 3.48. The maximum absolute atomic E-state index is 12.8. The molecule has 28 heavy (non-hydrogen) atoms. The number of hydrogen-bond acceptors (Lipinski definition) is 5. The second kappa shape index (κ2) is 6.61. The molecule has 4 aromatic rings. The standard InChI is InChI=1S/C19H19N7O2/c1-26-10-11(8-21-26)17-13(9-20-25-17)19(27)22-12-4-5-14-15(7-12)24-18(23-14)16-3-2-6-28-16/h4-5,7-10,16H,2-3,6H2,1H3,(H,20,25)(H,22,27)(H,23,24). The average molecular weight is 377 g/mol. The number of carbonyl (C=O) groups excluding carboxylic acids is 1. The van der Waals surface area contributed by atoms with E-state index in [2.05, 4.69) is 30.6 Å². The highest BCUT2D eigenvalue weighted by Crippen LogP contribution is 2.29. The van der Waals surface area contributed by atoms with Gasteiger partial charge in [0.1, 0.15) is 11.9 Å². The van der Waals surface area contributed by atoms with Gasteiger partial charge in [0.25, 0.3) is 5.91 Å². The van der Waals surface area contributed by atoms with E-state index in [0.717, 1.165) is 41.9 Å². The van der Waals surface area contributed by atoms with E-state index in [0.29, 0.717) is 16.9 Å². The van der Waals surface area contributed by atoms with Crippen molar-refractivity contribution in [1.29, 1.82) is 0 Å². The fraction of sp³-hybridized carbons (Fsp3) is 0.263. The van der Waals surface area contributed by atoms with Crippen LogP contribution in [0.1, 0.15) is 35.1 Å². The van der Waals surface area contributed by atoms with Crippen molar-refractivity contribution < 1.29 is 9.53 Å². The molecule has 9 heteroatoms. The van der Waals surface area contributed by atoms with Gasteiger partial charge in [0.05, 0.1) is 34.7 Å². The first-order chi connectivity index (χ1) is 13.7. The molecule has 5 rings (SSSR count). The van der Waals surface area contributed by atoms with E-state index in [1.807, 2.05) is 31.4 Å². The zero-order valence-corrected chi connectivity index (χ0v) is 15.3. The Kier molecular flexibility index (Phi) is 3.94. The molecular formula is C19H19N7O2. The van der Waals surface area contributed by atoms with Crippen molar-refractivity contribution in [2.45, 2.75) is 18.9 Å². The number of carbonyl (C=O) groups is 1. The SMILES string of the molecule is Cn1cc(-c2[nH]ncc2C(=O)Nc2ccc3nc(C4CCCO4)[nH]c3c2)cn1. The lowest BCUT2D eigenvalue weighted by Crippen LogP contribution is -2.12. The number of nitrogens with zero attached hydrogens (tertiary/aromatic N) is 4. The van der Waals surface area contributed by atoms with Crippen molar-refractivity contribution >= 4 is 22.6 Å². The third-order valence-electron chi connectivity index (χ3n) is 4.87. The zero-order valence-electron chi connectivity index (χ0n) is 15.3. The molecule has 0 aliphatic carbocycles. The van der Waals surface area contributed by atoms with Crippen molar-refractivity contribution in [2.75, 3.05) is 11.9 Å². The number of amides is 1. The molecule has 0 spiro atoms. The minimum Gasteiger partial charge on any atom is -0.370 e. The number of hydrogen-bond donors (Lipinski definition) is 3. The summed E-state index contributed by atoms with van der Waals surface area (Å²) in [6.07, 6.45) is 7.08. The summed E-state index contributed by atoms with van der Waals surface area (Å²) in [7, 11) is 1.82. The van der Waals surface area contributed by atoms with Crippen LogP contribution in [0, 0.1) is 0 Å². The van der Waals surface area contributed by atoms with Crippen molar-refractivity contribution in [2.24, 2.45) is 7.05 Å². The van der Waals surface area contributed by atoms with Gasteiger partial charge >= 0.3 is 0 Å². The van der Waals surface area contributed by atoms with Crippen LogP contribution in [0.5, 0.6) is 0 Å². The summed E-state index contributed by atoms with van der Waals surface area (Å²) in [5, 5.41) is 14.0. The lowest BCUT2D eigenvalue weighted by molar-refractivity contribution is 0.102. The number of aromatic nitrogens is 6. The van der Waals surface area contributed by atoms with Crippen LogP contribution >= 0.6 is 0 Å². The molecule has 1 unspecified atom stereocenters. The Morgan fingerprint density at radius 2 is 2.29 bits per heavy atom. The summed E-state index contributed by atoms with van der Waals surface area (Å²) in [5.74, 6) is 0.593. The first kappa shape index (κ1) is 16.7. The second-order valence-electron chi connectivity index (χ2n) is 6.87. The quantitative estimate of drug-likeness (QED) is 0.506. The minimum atomic E-state index is -0.245. The van der Waals surface area contributed by atoms with Gasteiger partial charge in [-0.1, -0.05) is 0 Å². The van der Waals surface area contributed by atoms with Crippen LogP contribution in [0.3, 0.4) is 0 Å². The smallest absolute Gasteiger partial charge is 0.259 e. The maximum Gasteiger partial charge on any atom is 0.259 e.